The van der Waals surface area contributed by atoms with Crippen LogP contribution in [0.25, 0.3) is 0 Å². The first-order valence-corrected chi connectivity index (χ1v) is 6.30. The van der Waals surface area contributed by atoms with Crippen molar-refractivity contribution in [1.82, 2.24) is 10.3 Å². The minimum absolute atomic E-state index is 0.227. The van der Waals surface area contributed by atoms with Gasteiger partial charge in [-0.15, -0.1) is 0 Å². The van der Waals surface area contributed by atoms with Crippen molar-refractivity contribution in [2.24, 2.45) is 0 Å². The minimum Gasteiger partial charge on any atom is -0.445 e. The molecule has 2 aromatic rings. The van der Waals surface area contributed by atoms with Crippen molar-refractivity contribution in [2.75, 3.05) is 6.54 Å². The Morgan fingerprint density at radius 3 is 2.70 bits per heavy atom. The lowest BCUT2D eigenvalue weighted by Gasteiger charge is -2.06. The number of nitrogens with one attached hydrogen (secondary N) is 1. The highest BCUT2D eigenvalue weighted by molar-refractivity contribution is 5.67. The summed E-state index contributed by atoms with van der Waals surface area (Å²) in [6.07, 6.45) is -0.0386. The highest BCUT2D eigenvalue weighted by Crippen LogP contribution is 2.01. The van der Waals surface area contributed by atoms with Crippen LogP contribution in [0.5, 0.6) is 0 Å². The molecular formula is C15H15FN2O2. The lowest BCUT2D eigenvalue weighted by Crippen LogP contribution is -2.26. The third kappa shape index (κ3) is 4.68. The van der Waals surface area contributed by atoms with Gasteiger partial charge in [0.05, 0.1) is 0 Å². The molecule has 104 valence electrons. The lowest BCUT2D eigenvalue weighted by molar-refractivity contribution is 0.140. The number of nitrogens with zero attached hydrogens (tertiary/aromatic N) is 1. The molecule has 4 nitrogen and oxygen atoms in total. The Kier molecular flexibility index (Phi) is 5.06. The van der Waals surface area contributed by atoms with Crippen molar-refractivity contribution in [3.63, 3.8) is 0 Å². The summed E-state index contributed by atoms with van der Waals surface area (Å²) in [7, 11) is 0. The molecule has 0 atom stereocenters. The summed E-state index contributed by atoms with van der Waals surface area (Å²) in [5.41, 5.74) is 1.52. The van der Waals surface area contributed by atoms with Gasteiger partial charge < -0.3 is 10.1 Å². The Labute approximate surface area is 116 Å². The fourth-order valence-electron chi connectivity index (χ4n) is 1.66. The second kappa shape index (κ2) is 7.23. The average molecular weight is 274 g/mol. The first-order valence-electron chi connectivity index (χ1n) is 6.30. The Hall–Kier alpha value is -2.43. The quantitative estimate of drug-likeness (QED) is 0.853. The number of hydrogen-bond donors (Lipinski definition) is 1. The molecule has 0 aliphatic carbocycles. The minimum atomic E-state index is -0.519. The predicted molar refractivity (Wildman–Crippen MR) is 72.5 cm³/mol. The van der Waals surface area contributed by atoms with Crippen LogP contribution in [0.3, 0.4) is 0 Å². The van der Waals surface area contributed by atoms with Gasteiger partial charge in [-0.2, -0.15) is 4.39 Å². The SMILES string of the molecule is O=C(NCCc1cccc(F)n1)OCc1ccccc1. The molecule has 0 aliphatic rings. The van der Waals surface area contributed by atoms with Crippen LogP contribution in [0, 0.1) is 5.95 Å². The number of halogens is 1. The zero-order valence-electron chi connectivity index (χ0n) is 10.9. The maximum Gasteiger partial charge on any atom is 0.407 e. The van der Waals surface area contributed by atoms with Gasteiger partial charge in [-0.3, -0.25) is 0 Å². The van der Waals surface area contributed by atoms with Crippen LogP contribution in [-0.2, 0) is 17.8 Å². The number of hydrogen-bond acceptors (Lipinski definition) is 3. The molecule has 1 heterocycles. The van der Waals surface area contributed by atoms with Crippen molar-refractivity contribution >= 4 is 6.09 Å². The number of aromatic nitrogens is 1. The van der Waals surface area contributed by atoms with Crippen LogP contribution in [0.15, 0.2) is 48.5 Å². The molecule has 1 aromatic carbocycles. The number of carbonyl (C=O) groups excluding carboxylic acids is 1. The second-order valence-electron chi connectivity index (χ2n) is 4.19. The number of carbonyl (C=O) groups is 1. The number of amides is 1. The summed E-state index contributed by atoms with van der Waals surface area (Å²) >= 11 is 0. The maximum atomic E-state index is 12.8. The summed E-state index contributed by atoms with van der Waals surface area (Å²) < 4.78 is 17.9. The summed E-state index contributed by atoms with van der Waals surface area (Å²) in [5, 5.41) is 2.60. The second-order valence-corrected chi connectivity index (χ2v) is 4.19. The van der Waals surface area contributed by atoms with E-state index in [0.29, 0.717) is 18.7 Å². The maximum absolute atomic E-state index is 12.8. The fourth-order valence-corrected chi connectivity index (χ4v) is 1.66. The van der Waals surface area contributed by atoms with Gasteiger partial charge in [0.25, 0.3) is 0 Å². The van der Waals surface area contributed by atoms with Gasteiger partial charge in [-0.05, 0) is 17.7 Å². The highest BCUT2D eigenvalue weighted by atomic mass is 19.1. The molecule has 2 rings (SSSR count). The topological polar surface area (TPSA) is 51.2 Å². The van der Waals surface area contributed by atoms with Gasteiger partial charge in [0.1, 0.15) is 6.61 Å². The van der Waals surface area contributed by atoms with E-state index in [9.17, 15) is 9.18 Å². The zero-order chi connectivity index (χ0) is 14.2. The van der Waals surface area contributed by atoms with Gasteiger partial charge >= 0.3 is 6.09 Å². The summed E-state index contributed by atoms with van der Waals surface area (Å²) in [6.45, 7) is 0.578. The number of alkyl carbamates (subject to hydrolysis) is 1. The van der Waals surface area contributed by atoms with Crippen molar-refractivity contribution in [2.45, 2.75) is 13.0 Å². The third-order valence-electron chi connectivity index (χ3n) is 2.64. The molecule has 1 N–H and O–H groups in total. The number of benzene rings is 1. The van der Waals surface area contributed by atoms with Crippen molar-refractivity contribution in [3.8, 4) is 0 Å². The van der Waals surface area contributed by atoms with E-state index < -0.39 is 12.0 Å². The molecule has 1 aromatic heterocycles. The smallest absolute Gasteiger partial charge is 0.407 e. The van der Waals surface area contributed by atoms with E-state index >= 15 is 0 Å². The standard InChI is InChI=1S/C15H15FN2O2/c16-14-8-4-7-13(18-14)9-10-17-15(19)20-11-12-5-2-1-3-6-12/h1-8H,9-11H2,(H,17,19). The summed E-state index contributed by atoms with van der Waals surface area (Å²) in [5.74, 6) is -0.519. The van der Waals surface area contributed by atoms with Crippen LogP contribution in [-0.4, -0.2) is 17.6 Å². The molecule has 5 heteroatoms. The van der Waals surface area contributed by atoms with Crippen LogP contribution < -0.4 is 5.32 Å². The van der Waals surface area contributed by atoms with Gasteiger partial charge in [-0.1, -0.05) is 36.4 Å². The molecule has 20 heavy (non-hydrogen) atoms. The fraction of sp³-hybridized carbons (Fsp3) is 0.200. The molecule has 0 spiro atoms. The Morgan fingerprint density at radius 1 is 1.15 bits per heavy atom. The van der Waals surface area contributed by atoms with E-state index in [-0.39, 0.29) is 6.61 Å². The highest BCUT2D eigenvalue weighted by Gasteiger charge is 2.03. The first-order chi connectivity index (χ1) is 9.74. The molecule has 0 saturated carbocycles. The van der Waals surface area contributed by atoms with E-state index in [1.54, 1.807) is 12.1 Å². The first kappa shape index (κ1) is 14.0. The average Bonchev–Trinajstić information content (AvgIpc) is 2.46. The zero-order valence-corrected chi connectivity index (χ0v) is 10.9. The number of rotatable bonds is 5. The van der Waals surface area contributed by atoms with Crippen LogP contribution in [0.1, 0.15) is 11.3 Å². The van der Waals surface area contributed by atoms with Crippen LogP contribution >= 0.6 is 0 Å². The largest absolute Gasteiger partial charge is 0.445 e. The lowest BCUT2D eigenvalue weighted by atomic mass is 10.2. The van der Waals surface area contributed by atoms with E-state index in [1.165, 1.54) is 6.07 Å². The normalized spacial score (nSPS) is 10.1. The summed E-state index contributed by atoms with van der Waals surface area (Å²) in [4.78, 5) is 15.2. The molecular weight excluding hydrogens is 259 g/mol. The third-order valence-corrected chi connectivity index (χ3v) is 2.64. The Balaban J connectivity index is 1.68. The number of pyridine rings is 1. The Bertz CT molecular complexity index is 561. The van der Waals surface area contributed by atoms with Crippen molar-refractivity contribution < 1.29 is 13.9 Å². The van der Waals surface area contributed by atoms with Gasteiger partial charge in [0.15, 0.2) is 0 Å². The van der Waals surface area contributed by atoms with E-state index in [2.05, 4.69) is 10.3 Å². The molecule has 0 radical (unpaired) electrons. The van der Waals surface area contributed by atoms with Crippen molar-refractivity contribution in [3.05, 3.63) is 65.7 Å². The van der Waals surface area contributed by atoms with Gasteiger partial charge in [-0.25, -0.2) is 9.78 Å². The molecule has 1 amide bonds. The molecule has 0 saturated heterocycles. The van der Waals surface area contributed by atoms with Gasteiger partial charge in [0, 0.05) is 18.7 Å². The molecule has 0 unspecified atom stereocenters. The van der Waals surface area contributed by atoms with E-state index in [4.69, 9.17) is 4.74 Å². The van der Waals surface area contributed by atoms with E-state index in [1.807, 2.05) is 30.3 Å². The van der Waals surface area contributed by atoms with Gasteiger partial charge in [0.2, 0.25) is 5.95 Å². The molecule has 0 fully saturated rings. The predicted octanol–water partition coefficient (Wildman–Crippen LogP) is 2.69. The number of ether oxygens (including phenoxy) is 1. The molecule has 0 bridgehead atoms. The van der Waals surface area contributed by atoms with E-state index in [0.717, 1.165) is 5.56 Å². The Morgan fingerprint density at radius 2 is 1.95 bits per heavy atom. The van der Waals surface area contributed by atoms with Crippen molar-refractivity contribution in [1.29, 1.82) is 0 Å². The molecule has 0 aliphatic heterocycles. The summed E-state index contributed by atoms with van der Waals surface area (Å²) in [6, 6.07) is 14.0. The van der Waals surface area contributed by atoms with Crippen LogP contribution in [0.2, 0.25) is 0 Å². The van der Waals surface area contributed by atoms with Crippen LogP contribution in [0.4, 0.5) is 9.18 Å². The monoisotopic (exact) mass is 274 g/mol.